The second-order valence-electron chi connectivity index (χ2n) is 2.38. The largest absolute Gasteiger partial charge is 0.371 e. The maximum atomic E-state index is 8.35. The summed E-state index contributed by atoms with van der Waals surface area (Å²) in [5.41, 5.74) is 1.93. The number of aliphatic hydroxyl groups is 1. The third kappa shape index (κ3) is 2.03. The first kappa shape index (κ1) is 8.23. The van der Waals surface area contributed by atoms with Gasteiger partial charge in [0.15, 0.2) is 0 Å². The minimum Gasteiger partial charge on any atom is -0.371 e. The molecule has 0 aliphatic rings. The van der Waals surface area contributed by atoms with Crippen LogP contribution >= 0.6 is 0 Å². The van der Waals surface area contributed by atoms with Gasteiger partial charge in [0, 0.05) is 12.7 Å². The number of nitrogens with zero attached hydrogens (tertiary/aromatic N) is 2. The second-order valence-corrected chi connectivity index (χ2v) is 2.38. The molecule has 0 atom stereocenters. The lowest BCUT2D eigenvalue weighted by Crippen LogP contribution is -1.96. The molecule has 1 heterocycles. The second kappa shape index (κ2) is 3.50. The van der Waals surface area contributed by atoms with E-state index in [1.807, 2.05) is 20.0 Å². The van der Waals surface area contributed by atoms with Crippen LogP contribution in [0.25, 0.3) is 0 Å². The highest BCUT2D eigenvalue weighted by molar-refractivity contribution is 5.06. The lowest BCUT2D eigenvalue weighted by Gasteiger charge is -1.93. The molecule has 1 aromatic heterocycles. The highest BCUT2D eigenvalue weighted by Crippen LogP contribution is 2.01. The van der Waals surface area contributed by atoms with Gasteiger partial charge in [-0.3, -0.25) is 4.68 Å². The molecule has 0 unspecified atom stereocenters. The molecule has 0 saturated heterocycles. The van der Waals surface area contributed by atoms with E-state index in [1.165, 1.54) is 0 Å². The SMILES string of the molecule is Cc1cc(COCO)nn1C. The van der Waals surface area contributed by atoms with Gasteiger partial charge in [-0.2, -0.15) is 5.10 Å². The summed E-state index contributed by atoms with van der Waals surface area (Å²) in [5, 5.41) is 12.5. The molecule has 11 heavy (non-hydrogen) atoms. The number of ether oxygens (including phenoxy) is 1. The highest BCUT2D eigenvalue weighted by Gasteiger charge is 1.99. The maximum Gasteiger partial charge on any atom is 0.144 e. The van der Waals surface area contributed by atoms with Crippen molar-refractivity contribution in [2.24, 2.45) is 7.05 Å². The van der Waals surface area contributed by atoms with Crippen molar-refractivity contribution < 1.29 is 9.84 Å². The van der Waals surface area contributed by atoms with E-state index in [9.17, 15) is 0 Å². The monoisotopic (exact) mass is 156 g/mol. The fourth-order valence-corrected chi connectivity index (χ4v) is 0.856. The maximum absolute atomic E-state index is 8.35. The van der Waals surface area contributed by atoms with E-state index in [0.29, 0.717) is 6.61 Å². The summed E-state index contributed by atoms with van der Waals surface area (Å²) in [6.45, 7) is 2.09. The first-order chi connectivity index (χ1) is 5.24. The molecule has 1 aromatic rings. The van der Waals surface area contributed by atoms with E-state index in [-0.39, 0.29) is 6.79 Å². The predicted molar refractivity (Wildman–Crippen MR) is 39.8 cm³/mol. The summed E-state index contributed by atoms with van der Waals surface area (Å²) in [6, 6.07) is 1.93. The van der Waals surface area contributed by atoms with Crippen molar-refractivity contribution in [3.63, 3.8) is 0 Å². The average molecular weight is 156 g/mol. The first-order valence-electron chi connectivity index (χ1n) is 3.42. The Morgan fingerprint density at radius 1 is 1.73 bits per heavy atom. The van der Waals surface area contributed by atoms with Crippen molar-refractivity contribution >= 4 is 0 Å². The molecule has 0 aromatic carbocycles. The molecule has 0 aliphatic heterocycles. The van der Waals surface area contributed by atoms with Crippen molar-refractivity contribution in [1.82, 2.24) is 9.78 Å². The van der Waals surface area contributed by atoms with E-state index in [0.717, 1.165) is 11.4 Å². The zero-order valence-electron chi connectivity index (χ0n) is 6.74. The van der Waals surface area contributed by atoms with Gasteiger partial charge in [-0.25, -0.2) is 0 Å². The molecule has 0 bridgehead atoms. The Hall–Kier alpha value is -0.870. The molecule has 0 saturated carbocycles. The van der Waals surface area contributed by atoms with Crippen LogP contribution in [0.2, 0.25) is 0 Å². The molecular weight excluding hydrogens is 144 g/mol. The smallest absolute Gasteiger partial charge is 0.144 e. The number of aromatic nitrogens is 2. The molecule has 0 fully saturated rings. The average Bonchev–Trinajstić information content (AvgIpc) is 2.28. The van der Waals surface area contributed by atoms with Crippen molar-refractivity contribution in [3.8, 4) is 0 Å². The van der Waals surface area contributed by atoms with Crippen LogP contribution in [0.4, 0.5) is 0 Å². The van der Waals surface area contributed by atoms with Crippen molar-refractivity contribution in [2.75, 3.05) is 6.79 Å². The summed E-state index contributed by atoms with van der Waals surface area (Å²) in [6.07, 6.45) is 0. The highest BCUT2D eigenvalue weighted by atomic mass is 16.6. The molecule has 1 N–H and O–H groups in total. The van der Waals surface area contributed by atoms with Crippen LogP contribution in [-0.2, 0) is 18.4 Å². The van der Waals surface area contributed by atoms with Gasteiger partial charge in [0.25, 0.3) is 0 Å². The number of aryl methyl sites for hydroxylation is 2. The minimum absolute atomic E-state index is 0.254. The van der Waals surface area contributed by atoms with Crippen molar-refractivity contribution in [1.29, 1.82) is 0 Å². The van der Waals surface area contributed by atoms with Crippen LogP contribution in [-0.4, -0.2) is 21.7 Å². The van der Waals surface area contributed by atoms with Crippen molar-refractivity contribution in [3.05, 3.63) is 17.5 Å². The molecular formula is C7H12N2O2. The van der Waals surface area contributed by atoms with Gasteiger partial charge in [0.2, 0.25) is 0 Å². The quantitative estimate of drug-likeness (QED) is 0.636. The standard InChI is InChI=1S/C7H12N2O2/c1-6-3-7(4-11-5-10)8-9(6)2/h3,10H,4-5H2,1-2H3. The molecule has 0 amide bonds. The van der Waals surface area contributed by atoms with Crippen molar-refractivity contribution in [2.45, 2.75) is 13.5 Å². The Balaban J connectivity index is 2.58. The van der Waals surface area contributed by atoms with E-state index in [2.05, 4.69) is 5.10 Å². The van der Waals surface area contributed by atoms with Gasteiger partial charge in [-0.05, 0) is 13.0 Å². The molecule has 0 aliphatic carbocycles. The molecule has 1 rings (SSSR count). The normalized spacial score (nSPS) is 10.5. The summed E-state index contributed by atoms with van der Waals surface area (Å²) < 4.78 is 6.54. The summed E-state index contributed by atoms with van der Waals surface area (Å²) in [7, 11) is 1.87. The Kier molecular flexibility index (Phi) is 2.62. The third-order valence-electron chi connectivity index (χ3n) is 1.51. The Morgan fingerprint density at radius 3 is 2.91 bits per heavy atom. The fourth-order valence-electron chi connectivity index (χ4n) is 0.856. The van der Waals surface area contributed by atoms with Crippen LogP contribution in [0, 0.1) is 6.92 Å². The van der Waals surface area contributed by atoms with Gasteiger partial charge in [-0.15, -0.1) is 0 Å². The van der Waals surface area contributed by atoms with Gasteiger partial charge in [0.05, 0.1) is 12.3 Å². The Labute approximate surface area is 65.4 Å². The molecule has 4 nitrogen and oxygen atoms in total. The van der Waals surface area contributed by atoms with E-state index in [4.69, 9.17) is 9.84 Å². The summed E-state index contributed by atoms with van der Waals surface area (Å²) in [5.74, 6) is 0. The van der Waals surface area contributed by atoms with Crippen LogP contribution in [0.1, 0.15) is 11.4 Å². The fraction of sp³-hybridized carbons (Fsp3) is 0.571. The molecule has 62 valence electrons. The zero-order valence-corrected chi connectivity index (χ0v) is 6.74. The summed E-state index contributed by atoms with van der Waals surface area (Å²) in [4.78, 5) is 0. The van der Waals surface area contributed by atoms with Gasteiger partial charge in [0.1, 0.15) is 6.79 Å². The number of hydrogen-bond donors (Lipinski definition) is 1. The van der Waals surface area contributed by atoms with Crippen LogP contribution in [0.3, 0.4) is 0 Å². The first-order valence-corrected chi connectivity index (χ1v) is 3.42. The van der Waals surface area contributed by atoms with Crippen LogP contribution in [0.15, 0.2) is 6.07 Å². The molecule has 4 heteroatoms. The molecule has 0 spiro atoms. The van der Waals surface area contributed by atoms with Crippen LogP contribution in [0.5, 0.6) is 0 Å². The molecule has 0 radical (unpaired) electrons. The van der Waals surface area contributed by atoms with E-state index >= 15 is 0 Å². The number of rotatable bonds is 3. The third-order valence-corrected chi connectivity index (χ3v) is 1.51. The summed E-state index contributed by atoms with van der Waals surface area (Å²) >= 11 is 0. The predicted octanol–water partition coefficient (Wildman–Crippen LogP) is 0.195. The topological polar surface area (TPSA) is 47.3 Å². The zero-order chi connectivity index (χ0) is 8.27. The van der Waals surface area contributed by atoms with Gasteiger partial charge in [-0.1, -0.05) is 0 Å². The number of aliphatic hydroxyl groups excluding tert-OH is 1. The van der Waals surface area contributed by atoms with E-state index in [1.54, 1.807) is 4.68 Å². The number of hydrogen-bond acceptors (Lipinski definition) is 3. The Bertz CT molecular complexity index is 213. The van der Waals surface area contributed by atoms with Crippen LogP contribution < -0.4 is 0 Å². The van der Waals surface area contributed by atoms with E-state index < -0.39 is 0 Å². The lowest BCUT2D eigenvalue weighted by atomic mass is 10.4. The van der Waals surface area contributed by atoms with Gasteiger partial charge >= 0.3 is 0 Å². The lowest BCUT2D eigenvalue weighted by molar-refractivity contribution is -0.0126. The minimum atomic E-state index is -0.254. The Morgan fingerprint density at radius 2 is 2.45 bits per heavy atom. The van der Waals surface area contributed by atoms with Gasteiger partial charge < -0.3 is 9.84 Å².